The normalized spacial score (nSPS) is 10.0. The van der Waals surface area contributed by atoms with Gasteiger partial charge in [-0.2, -0.15) is 0 Å². The monoisotopic (exact) mass is 378 g/mol. The van der Waals surface area contributed by atoms with E-state index in [1.54, 1.807) is 6.07 Å². The molecule has 2 amide bonds. The van der Waals surface area contributed by atoms with Crippen LogP contribution in [0, 0.1) is 0 Å². The number of amides is 2. The predicted octanol–water partition coefficient (Wildman–Crippen LogP) is 4.05. The number of ether oxygens (including phenoxy) is 2. The van der Waals surface area contributed by atoms with Crippen LogP contribution in [0.4, 0.5) is 10.5 Å². The van der Waals surface area contributed by atoms with E-state index in [1.807, 2.05) is 49.4 Å². The maximum absolute atomic E-state index is 11.9. The summed E-state index contributed by atoms with van der Waals surface area (Å²) in [5, 5.41) is 5.51. The second-order valence-corrected chi connectivity index (χ2v) is 5.44. The van der Waals surface area contributed by atoms with Gasteiger partial charge in [-0.15, -0.1) is 0 Å². The van der Waals surface area contributed by atoms with Gasteiger partial charge in [-0.25, -0.2) is 4.79 Å². The molecule has 2 rings (SSSR count). The van der Waals surface area contributed by atoms with Gasteiger partial charge in [-0.1, -0.05) is 24.3 Å². The van der Waals surface area contributed by atoms with E-state index in [-0.39, 0.29) is 6.03 Å². The van der Waals surface area contributed by atoms with Gasteiger partial charge < -0.3 is 20.1 Å². The van der Waals surface area contributed by atoms with Crippen LogP contribution < -0.4 is 20.1 Å². The average molecular weight is 379 g/mol. The molecule has 122 valence electrons. The zero-order valence-electron chi connectivity index (χ0n) is 12.8. The third-order valence-corrected chi connectivity index (χ3v) is 3.57. The summed E-state index contributed by atoms with van der Waals surface area (Å²) in [6.45, 7) is 3.21. The molecule has 0 aromatic heterocycles. The van der Waals surface area contributed by atoms with Crippen molar-refractivity contribution in [3.8, 4) is 11.5 Å². The lowest BCUT2D eigenvalue weighted by molar-refractivity contribution is 0.247. The van der Waals surface area contributed by atoms with E-state index in [1.165, 1.54) is 0 Å². The lowest BCUT2D eigenvalue weighted by atomic mass is 10.3. The largest absolute Gasteiger partial charge is 0.492 e. The SMILES string of the molecule is CCOc1ccccc1NC(=O)NCCOc1ccccc1Br. The molecular formula is C17H19BrN2O3. The molecule has 0 atom stereocenters. The highest BCUT2D eigenvalue weighted by molar-refractivity contribution is 9.10. The number of carbonyl (C=O) groups is 1. The van der Waals surface area contributed by atoms with E-state index >= 15 is 0 Å². The molecule has 2 aromatic carbocycles. The summed E-state index contributed by atoms with van der Waals surface area (Å²) in [4.78, 5) is 11.9. The molecule has 23 heavy (non-hydrogen) atoms. The molecule has 0 spiro atoms. The van der Waals surface area contributed by atoms with Crippen LogP contribution in [0.2, 0.25) is 0 Å². The molecule has 0 aliphatic rings. The van der Waals surface area contributed by atoms with E-state index in [0.717, 1.165) is 10.2 Å². The third kappa shape index (κ3) is 5.49. The van der Waals surface area contributed by atoms with Crippen molar-refractivity contribution in [2.75, 3.05) is 25.1 Å². The minimum absolute atomic E-state index is 0.298. The predicted molar refractivity (Wildman–Crippen MR) is 94.3 cm³/mol. The molecule has 0 radical (unpaired) electrons. The third-order valence-electron chi connectivity index (χ3n) is 2.92. The fourth-order valence-corrected chi connectivity index (χ4v) is 2.30. The number of benzene rings is 2. The number of hydrogen-bond donors (Lipinski definition) is 2. The molecule has 0 heterocycles. The lowest BCUT2D eigenvalue weighted by Gasteiger charge is -2.12. The fourth-order valence-electron chi connectivity index (χ4n) is 1.91. The molecule has 0 saturated carbocycles. The second-order valence-electron chi connectivity index (χ2n) is 4.59. The summed E-state index contributed by atoms with van der Waals surface area (Å²) in [7, 11) is 0. The van der Waals surface area contributed by atoms with Crippen LogP contribution in [0.5, 0.6) is 11.5 Å². The van der Waals surface area contributed by atoms with Gasteiger partial charge in [0.2, 0.25) is 0 Å². The van der Waals surface area contributed by atoms with Gasteiger partial charge in [0, 0.05) is 0 Å². The smallest absolute Gasteiger partial charge is 0.319 e. The van der Waals surface area contributed by atoms with Gasteiger partial charge >= 0.3 is 6.03 Å². The first-order valence-corrected chi connectivity index (χ1v) is 8.14. The summed E-state index contributed by atoms with van der Waals surface area (Å²) in [6.07, 6.45) is 0. The first-order chi connectivity index (χ1) is 11.2. The quantitative estimate of drug-likeness (QED) is 0.714. The summed E-state index contributed by atoms with van der Waals surface area (Å²) >= 11 is 3.41. The van der Waals surface area contributed by atoms with Crippen molar-refractivity contribution in [2.45, 2.75) is 6.92 Å². The van der Waals surface area contributed by atoms with E-state index < -0.39 is 0 Å². The Labute approximate surface area is 144 Å². The van der Waals surface area contributed by atoms with Crippen LogP contribution in [-0.4, -0.2) is 25.8 Å². The number of urea groups is 1. The summed E-state index contributed by atoms with van der Waals surface area (Å²) in [5.41, 5.74) is 0.638. The Bertz CT molecular complexity index is 649. The second kappa shape index (κ2) is 9.05. The Hall–Kier alpha value is -2.21. The van der Waals surface area contributed by atoms with Crippen LogP contribution in [0.1, 0.15) is 6.92 Å². The highest BCUT2D eigenvalue weighted by Gasteiger charge is 2.06. The van der Waals surface area contributed by atoms with E-state index in [9.17, 15) is 4.79 Å². The van der Waals surface area contributed by atoms with Crippen molar-refractivity contribution < 1.29 is 14.3 Å². The van der Waals surface area contributed by atoms with Gasteiger partial charge in [-0.05, 0) is 47.1 Å². The zero-order chi connectivity index (χ0) is 16.5. The molecule has 0 bridgehead atoms. The number of hydrogen-bond acceptors (Lipinski definition) is 3. The Kier molecular flexibility index (Phi) is 6.75. The number of nitrogens with one attached hydrogen (secondary N) is 2. The average Bonchev–Trinajstić information content (AvgIpc) is 2.55. The number of rotatable bonds is 7. The Morgan fingerprint density at radius 2 is 1.74 bits per heavy atom. The summed E-state index contributed by atoms with van der Waals surface area (Å²) in [5.74, 6) is 1.39. The zero-order valence-corrected chi connectivity index (χ0v) is 14.4. The topological polar surface area (TPSA) is 59.6 Å². The molecule has 0 saturated heterocycles. The Morgan fingerprint density at radius 1 is 1.04 bits per heavy atom. The molecule has 5 nitrogen and oxygen atoms in total. The van der Waals surface area contributed by atoms with Crippen molar-refractivity contribution in [1.29, 1.82) is 0 Å². The van der Waals surface area contributed by atoms with Gasteiger partial charge in [0.15, 0.2) is 0 Å². The number of halogens is 1. The molecule has 0 unspecified atom stereocenters. The summed E-state index contributed by atoms with van der Waals surface area (Å²) in [6, 6.07) is 14.6. The Morgan fingerprint density at radius 3 is 2.48 bits per heavy atom. The molecule has 0 aliphatic carbocycles. The van der Waals surface area contributed by atoms with Crippen LogP contribution in [0.3, 0.4) is 0 Å². The van der Waals surface area contributed by atoms with Crippen molar-refractivity contribution in [3.05, 3.63) is 53.0 Å². The van der Waals surface area contributed by atoms with Crippen LogP contribution in [0.15, 0.2) is 53.0 Å². The van der Waals surface area contributed by atoms with Crippen molar-refractivity contribution in [2.24, 2.45) is 0 Å². The van der Waals surface area contributed by atoms with Crippen molar-refractivity contribution >= 4 is 27.6 Å². The first-order valence-electron chi connectivity index (χ1n) is 7.34. The number of carbonyl (C=O) groups excluding carboxylic acids is 1. The van der Waals surface area contributed by atoms with Crippen molar-refractivity contribution in [1.82, 2.24) is 5.32 Å². The van der Waals surface area contributed by atoms with Gasteiger partial charge in [0.25, 0.3) is 0 Å². The Balaban J connectivity index is 1.76. The van der Waals surface area contributed by atoms with Gasteiger partial charge in [0.1, 0.15) is 18.1 Å². The van der Waals surface area contributed by atoms with Gasteiger partial charge in [-0.3, -0.25) is 0 Å². The summed E-state index contributed by atoms with van der Waals surface area (Å²) < 4.78 is 11.9. The molecule has 2 N–H and O–H groups in total. The highest BCUT2D eigenvalue weighted by atomic mass is 79.9. The molecule has 0 fully saturated rings. The minimum atomic E-state index is -0.298. The van der Waals surface area contributed by atoms with Crippen LogP contribution in [-0.2, 0) is 0 Å². The molecular weight excluding hydrogens is 360 g/mol. The van der Waals surface area contributed by atoms with Crippen LogP contribution >= 0.6 is 15.9 Å². The minimum Gasteiger partial charge on any atom is -0.492 e. The van der Waals surface area contributed by atoms with E-state index in [2.05, 4.69) is 26.6 Å². The lowest BCUT2D eigenvalue weighted by Crippen LogP contribution is -2.32. The highest BCUT2D eigenvalue weighted by Crippen LogP contribution is 2.24. The molecule has 6 heteroatoms. The number of para-hydroxylation sites is 3. The van der Waals surface area contributed by atoms with Gasteiger partial charge in [0.05, 0.1) is 23.3 Å². The standard InChI is InChI=1S/C17H19BrN2O3/c1-2-22-16-10-6-4-8-14(16)20-17(21)19-11-12-23-15-9-5-3-7-13(15)18/h3-10H,2,11-12H2,1H3,(H2,19,20,21). The van der Waals surface area contributed by atoms with Crippen LogP contribution in [0.25, 0.3) is 0 Å². The molecule has 2 aromatic rings. The maximum Gasteiger partial charge on any atom is 0.319 e. The van der Waals surface area contributed by atoms with E-state index in [0.29, 0.717) is 31.2 Å². The fraction of sp³-hybridized carbons (Fsp3) is 0.235. The number of anilines is 1. The van der Waals surface area contributed by atoms with E-state index in [4.69, 9.17) is 9.47 Å². The van der Waals surface area contributed by atoms with Crippen molar-refractivity contribution in [3.63, 3.8) is 0 Å². The first kappa shape index (κ1) is 17.1. The maximum atomic E-state index is 11.9. The molecule has 0 aliphatic heterocycles.